The van der Waals surface area contributed by atoms with Crippen molar-refractivity contribution in [3.05, 3.63) is 11.8 Å². The van der Waals surface area contributed by atoms with Crippen LogP contribution in [0, 0.1) is 11.8 Å². The van der Waals surface area contributed by atoms with E-state index in [0.717, 1.165) is 6.08 Å². The molecule has 0 aromatic rings. The Morgan fingerprint density at radius 3 is 2.20 bits per heavy atom. The summed E-state index contributed by atoms with van der Waals surface area (Å²) in [6.07, 6.45) is -5.11. The molecule has 0 aromatic carbocycles. The smallest absolute Gasteiger partial charge is 0.376 e. The number of rotatable bonds is 11. The minimum Gasteiger partial charge on any atom is -0.478 e. The van der Waals surface area contributed by atoms with Crippen LogP contribution in [0.2, 0.25) is 0 Å². The van der Waals surface area contributed by atoms with E-state index in [0.29, 0.717) is 0 Å². The molecule has 1 amide bonds. The average molecular weight is 504 g/mol. The molecular formula is C21H37N5O9. The summed E-state index contributed by atoms with van der Waals surface area (Å²) in [5.41, 5.74) is 16.8. The van der Waals surface area contributed by atoms with Crippen molar-refractivity contribution in [3.8, 4) is 0 Å². The topological polar surface area (TPSA) is 242 Å². The van der Waals surface area contributed by atoms with Crippen LogP contribution in [0.1, 0.15) is 34.6 Å². The second kappa shape index (κ2) is 13.2. The molecule has 0 saturated carbocycles. The lowest BCUT2D eigenvalue weighted by molar-refractivity contribution is -0.198. The van der Waals surface area contributed by atoms with Crippen molar-refractivity contribution in [1.29, 1.82) is 0 Å². The summed E-state index contributed by atoms with van der Waals surface area (Å²) < 4.78 is 16.1. The van der Waals surface area contributed by atoms with E-state index in [2.05, 4.69) is 10.3 Å². The molecular weight excluding hydrogens is 466 g/mol. The summed E-state index contributed by atoms with van der Waals surface area (Å²) >= 11 is 0. The molecule has 14 nitrogen and oxygen atoms in total. The number of carbonyl (C=O) groups is 3. The fourth-order valence-electron chi connectivity index (χ4n) is 3.05. The van der Waals surface area contributed by atoms with E-state index in [1.807, 2.05) is 0 Å². The van der Waals surface area contributed by atoms with Crippen molar-refractivity contribution < 1.29 is 43.9 Å². The van der Waals surface area contributed by atoms with Gasteiger partial charge in [-0.2, -0.15) is 0 Å². The number of hydrogen-bond acceptors (Lipinski definition) is 11. The van der Waals surface area contributed by atoms with Gasteiger partial charge >= 0.3 is 11.9 Å². The average Bonchev–Trinajstić information content (AvgIpc) is 2.76. The van der Waals surface area contributed by atoms with Crippen LogP contribution in [0.4, 0.5) is 0 Å². The maximum atomic E-state index is 12.9. The summed E-state index contributed by atoms with van der Waals surface area (Å²) in [7, 11) is 0. The number of nitrogens with two attached hydrogens (primary N) is 3. The first kappa shape index (κ1) is 30.1. The van der Waals surface area contributed by atoms with Crippen molar-refractivity contribution >= 4 is 23.8 Å². The minimum atomic E-state index is -1.77. The lowest BCUT2D eigenvalue weighted by atomic mass is 9.92. The highest BCUT2D eigenvalue weighted by Gasteiger charge is 2.44. The largest absolute Gasteiger partial charge is 0.478 e. The van der Waals surface area contributed by atoms with Crippen LogP contribution in [-0.2, 0) is 28.6 Å². The molecule has 7 atom stereocenters. The molecule has 1 unspecified atom stereocenters. The Balaban J connectivity index is 3.30. The van der Waals surface area contributed by atoms with E-state index < -0.39 is 84.8 Å². The molecule has 1 aliphatic heterocycles. The molecule has 0 bridgehead atoms. The van der Waals surface area contributed by atoms with Crippen molar-refractivity contribution in [2.45, 2.75) is 77.3 Å². The summed E-state index contributed by atoms with van der Waals surface area (Å²) in [6, 6.07) is -3.20. The number of aliphatic hydroxyl groups excluding tert-OH is 3. The third-order valence-corrected chi connectivity index (χ3v) is 5.08. The van der Waals surface area contributed by atoms with Crippen LogP contribution >= 0.6 is 0 Å². The van der Waals surface area contributed by atoms with Gasteiger partial charge in [0.25, 0.3) is 0 Å². The molecule has 14 heteroatoms. The standard InChI is InChI=1S/C21H37N5O9/c1-8(2)14(22)19(32)35-20(9(3)4)34-18(31)13-6-11(26-21(23)24)15(25-10(5)28)17(33-13)16(30)12(29)7-27/h6,8-9,11-12,14-17,20,27,29-30H,7,22H2,1-5H3,(H,25,28)(H4,23,24,26)/t11-,12+,14+,15+,16-,17+,20?/m0/s1. The highest BCUT2D eigenvalue weighted by atomic mass is 16.7. The first-order chi connectivity index (χ1) is 16.2. The van der Waals surface area contributed by atoms with Gasteiger partial charge in [0.15, 0.2) is 5.96 Å². The van der Waals surface area contributed by atoms with Gasteiger partial charge in [0, 0.05) is 12.8 Å². The number of nitrogens with one attached hydrogen (secondary N) is 1. The quantitative estimate of drug-likeness (QED) is 0.0653. The highest BCUT2D eigenvalue weighted by molar-refractivity contribution is 5.87. The highest BCUT2D eigenvalue weighted by Crippen LogP contribution is 2.26. The molecule has 1 rings (SSSR count). The normalized spacial score (nSPS) is 23.3. The van der Waals surface area contributed by atoms with E-state index in [9.17, 15) is 29.7 Å². The third-order valence-electron chi connectivity index (χ3n) is 5.08. The van der Waals surface area contributed by atoms with Crippen molar-refractivity contribution in [2.24, 2.45) is 34.0 Å². The van der Waals surface area contributed by atoms with E-state index >= 15 is 0 Å². The molecule has 0 aliphatic carbocycles. The van der Waals surface area contributed by atoms with Gasteiger partial charge in [-0.05, 0) is 12.0 Å². The minimum absolute atomic E-state index is 0.221. The van der Waals surface area contributed by atoms with Gasteiger partial charge in [-0.1, -0.05) is 27.7 Å². The number of aliphatic imine (C=N–C) groups is 1. The maximum absolute atomic E-state index is 12.9. The molecule has 0 aromatic heterocycles. The van der Waals surface area contributed by atoms with Crippen LogP contribution in [0.25, 0.3) is 0 Å². The second-order valence-corrected chi connectivity index (χ2v) is 8.85. The fraction of sp³-hybridized carbons (Fsp3) is 0.714. The van der Waals surface area contributed by atoms with Crippen LogP contribution in [0.3, 0.4) is 0 Å². The molecule has 0 radical (unpaired) electrons. The van der Waals surface area contributed by atoms with Gasteiger partial charge in [-0.15, -0.1) is 0 Å². The molecule has 0 spiro atoms. The Morgan fingerprint density at radius 2 is 1.74 bits per heavy atom. The number of guanidine groups is 1. The monoisotopic (exact) mass is 503 g/mol. The zero-order chi connectivity index (χ0) is 27.0. The predicted molar refractivity (Wildman–Crippen MR) is 123 cm³/mol. The number of hydrogen-bond donors (Lipinski definition) is 7. The van der Waals surface area contributed by atoms with Gasteiger partial charge in [-0.25, -0.2) is 9.79 Å². The van der Waals surface area contributed by atoms with Crippen LogP contribution < -0.4 is 22.5 Å². The number of ether oxygens (including phenoxy) is 3. The van der Waals surface area contributed by atoms with Gasteiger partial charge < -0.3 is 52.0 Å². The molecule has 200 valence electrons. The predicted octanol–water partition coefficient (Wildman–Crippen LogP) is -2.82. The first-order valence-electron chi connectivity index (χ1n) is 11.1. The Kier molecular flexibility index (Phi) is 11.4. The third kappa shape index (κ3) is 8.65. The number of aliphatic hydroxyl groups is 3. The maximum Gasteiger partial charge on any atom is 0.376 e. The Morgan fingerprint density at radius 1 is 1.14 bits per heavy atom. The number of esters is 2. The Hall–Kier alpha value is -2.94. The van der Waals surface area contributed by atoms with E-state index in [-0.39, 0.29) is 5.92 Å². The van der Waals surface area contributed by atoms with Gasteiger partial charge in [0.1, 0.15) is 24.4 Å². The zero-order valence-corrected chi connectivity index (χ0v) is 20.5. The van der Waals surface area contributed by atoms with Crippen molar-refractivity contribution in [3.63, 3.8) is 0 Å². The molecule has 1 aliphatic rings. The molecule has 0 fully saturated rings. The number of amides is 1. The lowest BCUT2D eigenvalue weighted by Crippen LogP contribution is -2.60. The van der Waals surface area contributed by atoms with Crippen LogP contribution in [0.15, 0.2) is 16.8 Å². The summed E-state index contributed by atoms with van der Waals surface area (Å²) in [5, 5.41) is 32.2. The summed E-state index contributed by atoms with van der Waals surface area (Å²) in [5.74, 6) is -3.98. The summed E-state index contributed by atoms with van der Waals surface area (Å²) in [4.78, 5) is 40.9. The first-order valence-corrected chi connectivity index (χ1v) is 11.1. The second-order valence-electron chi connectivity index (χ2n) is 8.85. The van der Waals surface area contributed by atoms with Crippen molar-refractivity contribution in [2.75, 3.05) is 6.61 Å². The van der Waals surface area contributed by atoms with Gasteiger partial charge in [0.2, 0.25) is 18.0 Å². The Labute approximate surface area is 203 Å². The zero-order valence-electron chi connectivity index (χ0n) is 20.5. The Bertz CT molecular complexity index is 813. The molecule has 1 heterocycles. The number of nitrogens with zero attached hydrogens (tertiary/aromatic N) is 1. The lowest BCUT2D eigenvalue weighted by Gasteiger charge is -2.39. The SMILES string of the molecule is CC(=O)N[C@H]1[C@H]([C@@H](O)[C@H](O)CO)OC(C(=O)OC(OC(=O)[C@H](N)C(C)C)C(C)C)=C[C@@H]1N=C(N)N. The number of carbonyl (C=O) groups excluding carboxylic acids is 3. The van der Waals surface area contributed by atoms with Crippen LogP contribution in [0.5, 0.6) is 0 Å². The molecule has 10 N–H and O–H groups in total. The van der Waals surface area contributed by atoms with E-state index in [4.69, 9.17) is 31.4 Å². The summed E-state index contributed by atoms with van der Waals surface area (Å²) in [6.45, 7) is 7.08. The van der Waals surface area contributed by atoms with E-state index in [1.54, 1.807) is 27.7 Å². The molecule has 35 heavy (non-hydrogen) atoms. The van der Waals surface area contributed by atoms with Crippen LogP contribution in [-0.4, -0.2) is 88.5 Å². The fourth-order valence-corrected chi connectivity index (χ4v) is 3.05. The van der Waals surface area contributed by atoms with Crippen molar-refractivity contribution in [1.82, 2.24) is 5.32 Å². The van der Waals surface area contributed by atoms with E-state index in [1.165, 1.54) is 6.92 Å². The van der Waals surface area contributed by atoms with Gasteiger partial charge in [0.05, 0.1) is 18.7 Å². The molecule has 0 saturated heterocycles. The van der Waals surface area contributed by atoms with Gasteiger partial charge in [-0.3, -0.25) is 9.59 Å².